The summed E-state index contributed by atoms with van der Waals surface area (Å²) in [6, 6.07) is 15.7. The maximum atomic E-state index is 13.1. The molecule has 0 bridgehead atoms. The average molecular weight is 465 g/mol. The second-order valence-corrected chi connectivity index (χ2v) is 7.85. The van der Waals surface area contributed by atoms with Crippen molar-refractivity contribution >= 4 is 17.5 Å². The molecule has 0 fully saturated rings. The molecule has 0 spiro atoms. The number of methoxy groups -OCH3 is 1. The number of alkyl halides is 3. The number of aromatic nitrogens is 1. The average Bonchev–Trinajstić information content (AvgIpc) is 3.18. The third kappa shape index (κ3) is 6.37. The zero-order valence-corrected chi connectivity index (χ0v) is 18.4. The maximum Gasteiger partial charge on any atom is 0.416 e. The highest BCUT2D eigenvalue weighted by molar-refractivity contribution is 6.30. The van der Waals surface area contributed by atoms with Crippen LogP contribution < -0.4 is 0 Å². The van der Waals surface area contributed by atoms with E-state index in [-0.39, 0.29) is 12.5 Å². The third-order valence-electron chi connectivity index (χ3n) is 5.02. The Morgan fingerprint density at radius 2 is 1.88 bits per heavy atom. The van der Waals surface area contributed by atoms with Crippen molar-refractivity contribution in [3.63, 3.8) is 0 Å². The van der Waals surface area contributed by atoms with Gasteiger partial charge in [-0.2, -0.15) is 13.2 Å². The Balaban J connectivity index is 1.80. The Morgan fingerprint density at radius 1 is 1.09 bits per heavy atom. The van der Waals surface area contributed by atoms with Crippen LogP contribution in [0.2, 0.25) is 5.02 Å². The SMILES string of the molecule is COCCCN(Cc1cccn1Cc1cccc(C(F)(F)F)c1)C(=O)c1cccc(Cl)c1. The molecule has 0 saturated heterocycles. The molecule has 4 nitrogen and oxygen atoms in total. The Labute approximate surface area is 190 Å². The normalized spacial score (nSPS) is 11.5. The van der Waals surface area contributed by atoms with Crippen LogP contribution in [0.4, 0.5) is 13.2 Å². The molecule has 0 atom stereocenters. The first kappa shape index (κ1) is 23.9. The molecule has 3 aromatic rings. The van der Waals surface area contributed by atoms with E-state index in [1.54, 1.807) is 48.5 Å². The van der Waals surface area contributed by atoms with Crippen molar-refractivity contribution in [1.29, 1.82) is 0 Å². The summed E-state index contributed by atoms with van der Waals surface area (Å²) in [5, 5.41) is 0.473. The van der Waals surface area contributed by atoms with E-state index >= 15 is 0 Å². The second-order valence-electron chi connectivity index (χ2n) is 7.41. The summed E-state index contributed by atoms with van der Waals surface area (Å²) in [5.41, 5.74) is 1.14. The highest BCUT2D eigenvalue weighted by Gasteiger charge is 2.30. The van der Waals surface area contributed by atoms with E-state index in [1.807, 2.05) is 16.7 Å². The number of amides is 1. The zero-order valence-electron chi connectivity index (χ0n) is 17.6. The molecule has 0 aliphatic rings. The molecule has 0 unspecified atom stereocenters. The number of hydrogen-bond acceptors (Lipinski definition) is 2. The van der Waals surface area contributed by atoms with Gasteiger partial charge in [0, 0.05) is 49.3 Å². The molecular formula is C24H24ClF3N2O2. The summed E-state index contributed by atoms with van der Waals surface area (Å²) < 4.78 is 46.1. The first-order valence-electron chi connectivity index (χ1n) is 10.1. The largest absolute Gasteiger partial charge is 0.416 e. The number of benzene rings is 2. The lowest BCUT2D eigenvalue weighted by molar-refractivity contribution is -0.137. The molecule has 3 rings (SSSR count). The summed E-state index contributed by atoms with van der Waals surface area (Å²) in [7, 11) is 1.60. The number of nitrogens with zero attached hydrogens (tertiary/aromatic N) is 2. The molecule has 1 aromatic heterocycles. The van der Waals surface area contributed by atoms with Crippen LogP contribution in [0.5, 0.6) is 0 Å². The molecule has 0 N–H and O–H groups in total. The number of hydrogen-bond donors (Lipinski definition) is 0. The highest BCUT2D eigenvalue weighted by Crippen LogP contribution is 2.29. The fourth-order valence-corrected chi connectivity index (χ4v) is 3.63. The van der Waals surface area contributed by atoms with E-state index in [9.17, 15) is 18.0 Å². The van der Waals surface area contributed by atoms with Gasteiger partial charge in [0.1, 0.15) is 0 Å². The topological polar surface area (TPSA) is 34.5 Å². The number of rotatable bonds is 9. The molecule has 0 aliphatic carbocycles. The van der Waals surface area contributed by atoms with Crippen LogP contribution in [0.1, 0.15) is 33.6 Å². The predicted molar refractivity (Wildman–Crippen MR) is 118 cm³/mol. The van der Waals surface area contributed by atoms with Crippen LogP contribution in [-0.4, -0.2) is 35.6 Å². The lowest BCUT2D eigenvalue weighted by atomic mass is 10.1. The maximum absolute atomic E-state index is 13.1. The van der Waals surface area contributed by atoms with Crippen molar-refractivity contribution in [2.24, 2.45) is 0 Å². The monoisotopic (exact) mass is 464 g/mol. The fraction of sp³-hybridized carbons (Fsp3) is 0.292. The van der Waals surface area contributed by atoms with Crippen LogP contribution in [0.3, 0.4) is 0 Å². The van der Waals surface area contributed by atoms with Gasteiger partial charge in [-0.1, -0.05) is 29.8 Å². The molecular weight excluding hydrogens is 441 g/mol. The van der Waals surface area contributed by atoms with Gasteiger partial charge >= 0.3 is 6.18 Å². The van der Waals surface area contributed by atoms with Gasteiger partial charge in [0.25, 0.3) is 5.91 Å². The van der Waals surface area contributed by atoms with Gasteiger partial charge in [-0.25, -0.2) is 0 Å². The van der Waals surface area contributed by atoms with Crippen molar-refractivity contribution in [2.45, 2.75) is 25.7 Å². The summed E-state index contributed by atoms with van der Waals surface area (Å²) in [4.78, 5) is 14.8. The van der Waals surface area contributed by atoms with Gasteiger partial charge in [0.05, 0.1) is 12.1 Å². The molecule has 0 saturated carbocycles. The molecule has 8 heteroatoms. The lowest BCUT2D eigenvalue weighted by Crippen LogP contribution is -2.33. The summed E-state index contributed by atoms with van der Waals surface area (Å²) in [6.07, 6.45) is -1.94. The van der Waals surface area contributed by atoms with Gasteiger partial charge in [-0.15, -0.1) is 0 Å². The van der Waals surface area contributed by atoms with Crippen LogP contribution in [0, 0.1) is 0 Å². The zero-order chi connectivity index (χ0) is 23.1. The van der Waals surface area contributed by atoms with E-state index in [0.717, 1.165) is 17.8 Å². The van der Waals surface area contributed by atoms with E-state index < -0.39 is 11.7 Å². The Hall–Kier alpha value is -2.77. The summed E-state index contributed by atoms with van der Waals surface area (Å²) in [5.74, 6) is -0.171. The van der Waals surface area contributed by atoms with Gasteiger partial charge in [-0.3, -0.25) is 4.79 Å². The fourth-order valence-electron chi connectivity index (χ4n) is 3.44. The Morgan fingerprint density at radius 3 is 2.59 bits per heavy atom. The minimum atomic E-state index is -4.39. The van der Waals surface area contributed by atoms with E-state index in [1.165, 1.54) is 6.07 Å². The number of ether oxygens (including phenoxy) is 1. The van der Waals surface area contributed by atoms with Crippen LogP contribution in [0.15, 0.2) is 66.9 Å². The molecule has 1 heterocycles. The van der Waals surface area contributed by atoms with Crippen LogP contribution in [-0.2, 0) is 24.0 Å². The standard InChI is InChI=1S/C24H24ClF3N2O2/c1-32-13-5-12-30(23(31)19-7-3-9-21(25)15-19)17-22-10-4-11-29(22)16-18-6-2-8-20(14-18)24(26,27)28/h2-4,6-11,14-15H,5,12-13,16-17H2,1H3. The van der Waals surface area contributed by atoms with Gasteiger partial charge in [0.15, 0.2) is 0 Å². The van der Waals surface area contributed by atoms with E-state index in [4.69, 9.17) is 16.3 Å². The van der Waals surface area contributed by atoms with Crippen LogP contribution >= 0.6 is 11.6 Å². The van der Waals surface area contributed by atoms with E-state index in [0.29, 0.717) is 42.3 Å². The summed E-state index contributed by atoms with van der Waals surface area (Å²) >= 11 is 6.05. The van der Waals surface area contributed by atoms with Crippen molar-refractivity contribution in [3.8, 4) is 0 Å². The van der Waals surface area contributed by atoms with Crippen molar-refractivity contribution in [1.82, 2.24) is 9.47 Å². The number of carbonyl (C=O) groups is 1. The number of carbonyl (C=O) groups excluding carboxylic acids is 1. The van der Waals surface area contributed by atoms with Crippen molar-refractivity contribution in [2.75, 3.05) is 20.3 Å². The van der Waals surface area contributed by atoms with Gasteiger partial charge in [0.2, 0.25) is 0 Å². The first-order chi connectivity index (χ1) is 15.3. The van der Waals surface area contributed by atoms with Crippen molar-refractivity contribution in [3.05, 3.63) is 94.3 Å². The van der Waals surface area contributed by atoms with Gasteiger partial charge in [-0.05, 0) is 54.4 Å². The second kappa shape index (κ2) is 10.7. The van der Waals surface area contributed by atoms with E-state index in [2.05, 4.69) is 0 Å². The van der Waals surface area contributed by atoms with Gasteiger partial charge < -0.3 is 14.2 Å². The predicted octanol–water partition coefficient (Wildman–Crippen LogP) is 5.89. The quantitative estimate of drug-likeness (QED) is 0.370. The molecule has 2 aromatic carbocycles. The molecule has 170 valence electrons. The Kier molecular flexibility index (Phi) is 7.99. The Bertz CT molecular complexity index is 1050. The molecule has 0 radical (unpaired) electrons. The van der Waals surface area contributed by atoms with Crippen LogP contribution in [0.25, 0.3) is 0 Å². The first-order valence-corrected chi connectivity index (χ1v) is 10.5. The molecule has 0 aliphatic heterocycles. The minimum absolute atomic E-state index is 0.171. The third-order valence-corrected chi connectivity index (χ3v) is 5.25. The minimum Gasteiger partial charge on any atom is -0.385 e. The smallest absolute Gasteiger partial charge is 0.385 e. The van der Waals surface area contributed by atoms with Crippen molar-refractivity contribution < 1.29 is 22.7 Å². The highest BCUT2D eigenvalue weighted by atomic mass is 35.5. The summed E-state index contributed by atoms with van der Waals surface area (Å²) in [6.45, 7) is 1.54. The molecule has 1 amide bonds. The number of halogens is 4. The lowest BCUT2D eigenvalue weighted by Gasteiger charge is -2.24. The molecule has 32 heavy (non-hydrogen) atoms.